The van der Waals surface area contributed by atoms with Crippen LogP contribution in [0.4, 0.5) is 15.3 Å². The van der Waals surface area contributed by atoms with Crippen molar-refractivity contribution in [3.05, 3.63) is 63.6 Å². The summed E-state index contributed by atoms with van der Waals surface area (Å²) in [5.41, 5.74) is 5.19. The molecule has 0 saturated carbocycles. The fourth-order valence-electron chi connectivity index (χ4n) is 9.58. The summed E-state index contributed by atoms with van der Waals surface area (Å²) in [5, 5.41) is 3.00. The fraction of sp³-hybridized carbons (Fsp3) is 0.591. The molecule has 324 valence electrons. The first-order valence-corrected chi connectivity index (χ1v) is 21.6. The van der Waals surface area contributed by atoms with Gasteiger partial charge in [0.15, 0.2) is 5.58 Å². The molecule has 16 heteroatoms. The van der Waals surface area contributed by atoms with Crippen LogP contribution in [0.15, 0.2) is 45.6 Å². The van der Waals surface area contributed by atoms with E-state index >= 15 is 0 Å². The van der Waals surface area contributed by atoms with Crippen LogP contribution in [0.3, 0.4) is 0 Å². The highest BCUT2D eigenvalue weighted by Crippen LogP contribution is 2.29. The van der Waals surface area contributed by atoms with Crippen LogP contribution in [-0.4, -0.2) is 144 Å². The van der Waals surface area contributed by atoms with Crippen LogP contribution in [0.25, 0.3) is 11.1 Å². The molecular weight excluding hydrogens is 771 g/mol. The van der Waals surface area contributed by atoms with Crippen molar-refractivity contribution < 1.29 is 37.9 Å². The number of hydrogen-bond donors (Lipinski definition) is 2. The number of methoxy groups -OCH3 is 1. The normalized spacial score (nSPS) is 20.9. The number of carbonyl (C=O) groups is 5. The zero-order valence-corrected chi connectivity index (χ0v) is 35.1. The molecule has 6 heterocycles. The highest BCUT2D eigenvalue weighted by atomic mass is 16.5. The molecule has 0 radical (unpaired) electrons. The maximum atomic E-state index is 13.2. The van der Waals surface area contributed by atoms with E-state index in [0.717, 1.165) is 81.3 Å². The van der Waals surface area contributed by atoms with Gasteiger partial charge in [0.25, 0.3) is 0 Å². The van der Waals surface area contributed by atoms with Crippen molar-refractivity contribution in [2.45, 2.75) is 96.2 Å². The Morgan fingerprint density at radius 2 is 1.60 bits per heavy atom. The first-order chi connectivity index (χ1) is 29.0. The Balaban J connectivity index is 0.000000210. The second-order valence-electron chi connectivity index (χ2n) is 16.7. The first kappa shape index (κ1) is 42.7. The summed E-state index contributed by atoms with van der Waals surface area (Å²) in [7, 11) is 1.40. The van der Waals surface area contributed by atoms with E-state index in [9.17, 15) is 28.8 Å². The molecule has 0 spiro atoms. The molecule has 16 nitrogen and oxygen atoms in total. The highest BCUT2D eigenvalue weighted by Gasteiger charge is 2.39. The molecule has 0 aliphatic carbocycles. The standard InChI is InChI=1S/C28H38N4O6.C16H21N3O3/c1-18-15-20(17-23-25(18)29-28(36)38-23)16-19(2)26(34)31-11-7-21(8-12-31)32-10-3-5-22(32)27(35)37-14-13-30-9-4-6-24(30)33;1-22-16(21)18-9-7-13(8-10-18)19-11-6-12-4-2-3-5-14(12)17-15(19)20/h15,17,19,21-22H,3-14,16H2,1-2H3,(H,29,36);2-5,13H,6-11H2,1H3,(H,17,20)/t19-,22-;/m1./s1. The van der Waals surface area contributed by atoms with E-state index in [4.69, 9.17) is 13.9 Å². The van der Waals surface area contributed by atoms with Crippen molar-refractivity contribution in [3.63, 3.8) is 0 Å². The molecule has 2 atom stereocenters. The lowest BCUT2D eigenvalue weighted by molar-refractivity contribution is -0.151. The van der Waals surface area contributed by atoms with Gasteiger partial charge >= 0.3 is 23.8 Å². The molecule has 2 N–H and O–H groups in total. The molecular formula is C44H59N7O9. The quantitative estimate of drug-likeness (QED) is 0.291. The average molecular weight is 830 g/mol. The van der Waals surface area contributed by atoms with E-state index in [0.29, 0.717) is 63.2 Å². The predicted molar refractivity (Wildman–Crippen MR) is 223 cm³/mol. The van der Waals surface area contributed by atoms with Gasteiger partial charge in [-0.2, -0.15) is 0 Å². The average Bonchev–Trinajstić information content (AvgIpc) is 3.98. The summed E-state index contributed by atoms with van der Waals surface area (Å²) in [6.45, 7) is 9.55. The van der Waals surface area contributed by atoms with Gasteiger partial charge in [-0.25, -0.2) is 14.4 Å². The van der Waals surface area contributed by atoms with E-state index < -0.39 is 5.76 Å². The fourth-order valence-corrected chi connectivity index (χ4v) is 9.58. The lowest BCUT2D eigenvalue weighted by Gasteiger charge is -2.39. The molecule has 5 amide bonds. The van der Waals surface area contributed by atoms with Crippen LogP contribution in [0.2, 0.25) is 0 Å². The van der Waals surface area contributed by atoms with E-state index in [1.807, 2.05) is 54.0 Å². The van der Waals surface area contributed by atoms with E-state index in [2.05, 4.69) is 21.3 Å². The minimum absolute atomic E-state index is 0.0403. The van der Waals surface area contributed by atoms with Crippen molar-refractivity contribution in [2.75, 3.05) is 71.4 Å². The summed E-state index contributed by atoms with van der Waals surface area (Å²) in [4.78, 5) is 85.7. The summed E-state index contributed by atoms with van der Waals surface area (Å²) in [6, 6.07) is 11.9. The number of amides is 5. The number of urea groups is 1. The largest absolute Gasteiger partial charge is 0.463 e. The number of aromatic nitrogens is 1. The number of rotatable bonds is 9. The van der Waals surface area contributed by atoms with Gasteiger partial charge in [0.1, 0.15) is 12.6 Å². The Hall–Kier alpha value is -5.38. The number of ether oxygens (including phenoxy) is 2. The van der Waals surface area contributed by atoms with E-state index in [1.54, 1.807) is 9.80 Å². The zero-order chi connectivity index (χ0) is 42.3. The molecule has 0 bridgehead atoms. The van der Waals surface area contributed by atoms with E-state index in [1.165, 1.54) is 12.7 Å². The number of carbonyl (C=O) groups excluding carboxylic acids is 5. The van der Waals surface area contributed by atoms with E-state index in [-0.39, 0.29) is 60.6 Å². The number of piperidine rings is 2. The molecule has 4 saturated heterocycles. The summed E-state index contributed by atoms with van der Waals surface area (Å²) in [6.07, 6.45) is 7.63. The molecule has 8 rings (SSSR count). The minimum atomic E-state index is -0.473. The van der Waals surface area contributed by atoms with Crippen molar-refractivity contribution in [2.24, 2.45) is 5.92 Å². The maximum absolute atomic E-state index is 13.2. The molecule has 5 aliphatic rings. The number of esters is 1. The van der Waals surface area contributed by atoms with Gasteiger partial charge in [-0.1, -0.05) is 31.2 Å². The first-order valence-electron chi connectivity index (χ1n) is 21.6. The van der Waals surface area contributed by atoms with Crippen LogP contribution < -0.4 is 11.1 Å². The van der Waals surface area contributed by atoms with Crippen molar-refractivity contribution in [3.8, 4) is 0 Å². The third kappa shape index (κ3) is 9.96. The smallest absolute Gasteiger partial charge is 0.417 e. The van der Waals surface area contributed by atoms with Crippen LogP contribution in [0.1, 0.15) is 75.0 Å². The van der Waals surface area contributed by atoms with Gasteiger partial charge in [-0.05, 0) is 100 Å². The molecule has 5 aliphatic heterocycles. The van der Waals surface area contributed by atoms with Crippen molar-refractivity contribution in [1.29, 1.82) is 0 Å². The number of H-pyrrole nitrogens is 1. The van der Waals surface area contributed by atoms with Gasteiger partial charge in [0, 0.05) is 69.4 Å². The Labute approximate surface area is 350 Å². The molecule has 3 aromatic rings. The lowest BCUT2D eigenvalue weighted by Crippen LogP contribution is -2.51. The Morgan fingerprint density at radius 1 is 0.867 bits per heavy atom. The third-order valence-electron chi connectivity index (χ3n) is 12.8. The monoisotopic (exact) mass is 829 g/mol. The van der Waals surface area contributed by atoms with Gasteiger partial charge in [0.2, 0.25) is 11.8 Å². The van der Waals surface area contributed by atoms with Crippen molar-refractivity contribution in [1.82, 2.24) is 29.5 Å². The molecule has 0 unspecified atom stereocenters. The van der Waals surface area contributed by atoms with Gasteiger partial charge in [0.05, 0.1) is 19.2 Å². The summed E-state index contributed by atoms with van der Waals surface area (Å²) < 4.78 is 15.5. The number of aryl methyl sites for hydroxylation is 1. The van der Waals surface area contributed by atoms with Gasteiger partial charge in [-0.15, -0.1) is 0 Å². The number of nitrogens with one attached hydrogen (secondary N) is 2. The van der Waals surface area contributed by atoms with Crippen LogP contribution in [0.5, 0.6) is 0 Å². The number of aromatic amines is 1. The number of para-hydroxylation sites is 1. The molecule has 1 aromatic heterocycles. The second-order valence-corrected chi connectivity index (χ2v) is 16.7. The maximum Gasteiger partial charge on any atom is 0.417 e. The zero-order valence-electron chi connectivity index (χ0n) is 35.1. The Morgan fingerprint density at radius 3 is 2.33 bits per heavy atom. The molecule has 60 heavy (non-hydrogen) atoms. The summed E-state index contributed by atoms with van der Waals surface area (Å²) in [5.74, 6) is -0.577. The number of oxazole rings is 1. The Bertz CT molecular complexity index is 2080. The molecule has 2 aromatic carbocycles. The minimum Gasteiger partial charge on any atom is -0.463 e. The number of fused-ring (bicyclic) bond motifs is 2. The highest BCUT2D eigenvalue weighted by molar-refractivity contribution is 5.91. The molecule has 4 fully saturated rings. The summed E-state index contributed by atoms with van der Waals surface area (Å²) >= 11 is 0. The number of benzene rings is 2. The topological polar surface area (TPSA) is 178 Å². The van der Waals surface area contributed by atoms with Gasteiger partial charge in [-0.3, -0.25) is 24.3 Å². The van der Waals surface area contributed by atoms with Crippen LogP contribution >= 0.6 is 0 Å². The second kappa shape index (κ2) is 19.3. The van der Waals surface area contributed by atoms with Gasteiger partial charge < -0.3 is 38.8 Å². The number of hydrogen-bond acceptors (Lipinski definition) is 10. The lowest BCUT2D eigenvalue weighted by atomic mass is 9.96. The number of anilines is 1. The SMILES string of the molecule is COC(=O)N1CCC(N2CCc3ccccc3NC2=O)CC1.Cc1cc(C[C@@H](C)C(=O)N2CCC(N3CCC[C@@H]3C(=O)OCCN3CCCC3=O)CC2)cc2oc(=O)[nH]c12. The van der Waals surface area contributed by atoms with Crippen molar-refractivity contribution >= 4 is 46.7 Å². The predicted octanol–water partition coefficient (Wildman–Crippen LogP) is 4.54. The van der Waals surface area contributed by atoms with Crippen LogP contribution in [0, 0.1) is 12.8 Å². The van der Waals surface area contributed by atoms with Crippen LogP contribution in [-0.2, 0) is 36.7 Å². The number of nitrogens with zero attached hydrogens (tertiary/aromatic N) is 5. The third-order valence-corrected chi connectivity index (χ3v) is 12.8. The Kier molecular flexibility index (Phi) is 13.8. The number of likely N-dealkylation sites (tertiary alicyclic amines) is 4.